The van der Waals surface area contributed by atoms with Crippen molar-refractivity contribution in [3.8, 4) is 5.75 Å². The summed E-state index contributed by atoms with van der Waals surface area (Å²) in [6.45, 7) is 4.43. The molecule has 0 saturated carbocycles. The van der Waals surface area contributed by atoms with Gasteiger partial charge < -0.3 is 14.5 Å². The van der Waals surface area contributed by atoms with Crippen molar-refractivity contribution >= 4 is 23.1 Å². The smallest absolute Gasteiger partial charge is 0.421 e. The number of halogens is 3. The van der Waals surface area contributed by atoms with Gasteiger partial charge in [-0.05, 0) is 55.3 Å². The number of nitrogens with zero attached hydrogens (tertiary/aromatic N) is 4. The summed E-state index contributed by atoms with van der Waals surface area (Å²) in [5, 5.41) is 0. The summed E-state index contributed by atoms with van der Waals surface area (Å²) < 4.78 is 46.5. The Balaban J connectivity index is 2.00. The highest BCUT2D eigenvalue weighted by Gasteiger charge is 2.37. The van der Waals surface area contributed by atoms with Crippen LogP contribution < -0.4 is 14.5 Å². The summed E-state index contributed by atoms with van der Waals surface area (Å²) in [5.74, 6) is 0.595. The molecule has 0 aliphatic carbocycles. The first-order chi connectivity index (χ1) is 14.7. The van der Waals surface area contributed by atoms with Gasteiger partial charge >= 0.3 is 6.18 Å². The number of alkyl halides is 3. The van der Waals surface area contributed by atoms with E-state index < -0.39 is 11.7 Å². The molecule has 3 aromatic rings. The molecule has 0 amide bonds. The molecule has 0 unspecified atom stereocenters. The van der Waals surface area contributed by atoms with E-state index in [2.05, 4.69) is 16.9 Å². The number of aromatic nitrogens is 2. The van der Waals surface area contributed by atoms with Gasteiger partial charge in [-0.25, -0.2) is 4.98 Å². The van der Waals surface area contributed by atoms with Crippen LogP contribution in [-0.2, 0) is 12.6 Å². The van der Waals surface area contributed by atoms with Crippen LogP contribution in [0.2, 0.25) is 0 Å². The van der Waals surface area contributed by atoms with E-state index in [0.717, 1.165) is 18.3 Å². The Hall–Kier alpha value is -3.29. The highest BCUT2D eigenvalue weighted by Crippen LogP contribution is 2.38. The molecule has 0 aliphatic rings. The lowest BCUT2D eigenvalue weighted by molar-refractivity contribution is -0.137. The fraction of sp³-hybridized carbons (Fsp3) is 0.304. The number of hydrogen-bond donors (Lipinski definition) is 0. The molecular weight excluding hydrogens is 405 g/mol. The van der Waals surface area contributed by atoms with Crippen LogP contribution in [0.15, 0.2) is 54.7 Å². The Kier molecular flexibility index (Phi) is 6.68. The van der Waals surface area contributed by atoms with Gasteiger partial charge in [0.15, 0.2) is 5.82 Å². The van der Waals surface area contributed by atoms with Gasteiger partial charge in [-0.15, -0.1) is 0 Å². The van der Waals surface area contributed by atoms with Crippen molar-refractivity contribution in [2.24, 2.45) is 0 Å². The molecule has 0 fully saturated rings. The molecule has 164 valence electrons. The maximum absolute atomic E-state index is 13.7. The van der Waals surface area contributed by atoms with Gasteiger partial charge in [-0.3, -0.25) is 0 Å². The van der Waals surface area contributed by atoms with Crippen molar-refractivity contribution in [1.82, 2.24) is 9.97 Å². The van der Waals surface area contributed by atoms with Gasteiger partial charge in [0.2, 0.25) is 5.95 Å². The molecule has 0 spiro atoms. The van der Waals surface area contributed by atoms with E-state index in [1.54, 1.807) is 43.3 Å². The average Bonchev–Trinajstić information content (AvgIpc) is 2.78. The van der Waals surface area contributed by atoms with Crippen molar-refractivity contribution < 1.29 is 17.9 Å². The van der Waals surface area contributed by atoms with Crippen LogP contribution in [0, 0.1) is 0 Å². The first kappa shape index (κ1) is 22.4. The minimum absolute atomic E-state index is 0.171. The van der Waals surface area contributed by atoms with Gasteiger partial charge in [0.05, 0.1) is 6.61 Å². The molecule has 0 bridgehead atoms. The van der Waals surface area contributed by atoms with Gasteiger partial charge in [-0.2, -0.15) is 18.2 Å². The van der Waals surface area contributed by atoms with Gasteiger partial charge in [0.25, 0.3) is 0 Å². The summed E-state index contributed by atoms with van der Waals surface area (Å²) in [7, 11) is 3.28. The van der Waals surface area contributed by atoms with Crippen molar-refractivity contribution in [2.75, 3.05) is 30.5 Å². The molecule has 1 aromatic heterocycles. The Morgan fingerprint density at radius 1 is 0.871 bits per heavy atom. The molecule has 5 nitrogen and oxygen atoms in total. The molecule has 0 N–H and O–H groups in total. The lowest BCUT2D eigenvalue weighted by Crippen LogP contribution is -2.21. The van der Waals surface area contributed by atoms with Crippen LogP contribution in [0.25, 0.3) is 0 Å². The fourth-order valence-corrected chi connectivity index (χ4v) is 3.11. The molecule has 2 aromatic carbocycles. The zero-order chi connectivity index (χ0) is 22.6. The van der Waals surface area contributed by atoms with Crippen molar-refractivity contribution in [1.29, 1.82) is 0 Å². The highest BCUT2D eigenvalue weighted by atomic mass is 19.4. The number of hydrogen-bond acceptors (Lipinski definition) is 5. The van der Waals surface area contributed by atoms with Crippen LogP contribution in [0.1, 0.15) is 25.0 Å². The van der Waals surface area contributed by atoms with Crippen LogP contribution >= 0.6 is 0 Å². The third-order valence-corrected chi connectivity index (χ3v) is 4.95. The van der Waals surface area contributed by atoms with Gasteiger partial charge in [0.1, 0.15) is 11.3 Å². The molecular formula is C23H25F3N4O. The van der Waals surface area contributed by atoms with E-state index in [4.69, 9.17) is 4.74 Å². The van der Waals surface area contributed by atoms with Crippen LogP contribution in [0.4, 0.5) is 36.3 Å². The molecule has 8 heteroatoms. The van der Waals surface area contributed by atoms with E-state index in [9.17, 15) is 13.2 Å². The third kappa shape index (κ3) is 5.07. The summed E-state index contributed by atoms with van der Waals surface area (Å²) >= 11 is 0. The third-order valence-electron chi connectivity index (χ3n) is 4.95. The normalized spacial score (nSPS) is 11.3. The quantitative estimate of drug-likeness (QED) is 0.460. The first-order valence-electron chi connectivity index (χ1n) is 9.98. The molecule has 3 rings (SSSR count). The summed E-state index contributed by atoms with van der Waals surface area (Å²) in [6, 6.07) is 14.6. The minimum Gasteiger partial charge on any atom is -0.494 e. The zero-order valence-corrected chi connectivity index (χ0v) is 17.9. The Bertz CT molecular complexity index is 1000. The Labute approximate surface area is 180 Å². The second-order valence-electron chi connectivity index (χ2n) is 6.97. The number of ether oxygens (including phenoxy) is 1. The largest absolute Gasteiger partial charge is 0.494 e. The number of rotatable bonds is 7. The Morgan fingerprint density at radius 2 is 1.45 bits per heavy atom. The monoisotopic (exact) mass is 430 g/mol. The molecule has 0 aliphatic heterocycles. The number of aryl methyl sites for hydroxylation is 1. The molecule has 31 heavy (non-hydrogen) atoms. The van der Waals surface area contributed by atoms with Crippen LogP contribution in [0.5, 0.6) is 5.75 Å². The minimum atomic E-state index is -4.59. The van der Waals surface area contributed by atoms with Gasteiger partial charge in [0, 0.05) is 31.7 Å². The SMILES string of the molecule is CCOc1ccc(N(C)c2nc(N(C)c3ccc(CC)cc3)ncc2C(F)(F)F)cc1. The van der Waals surface area contributed by atoms with Crippen molar-refractivity contribution in [3.63, 3.8) is 0 Å². The standard InChI is InChI=1S/C23H25F3N4O/c1-5-16-7-9-18(10-8-16)30(4)22-27-15-20(23(24,25)26)21(28-22)29(3)17-11-13-19(14-12-17)31-6-2/h7-15H,5-6H2,1-4H3. The number of benzene rings is 2. The van der Waals surface area contributed by atoms with Crippen LogP contribution in [-0.4, -0.2) is 30.7 Å². The zero-order valence-electron chi connectivity index (χ0n) is 17.9. The Morgan fingerprint density at radius 3 is 2.00 bits per heavy atom. The van der Waals surface area contributed by atoms with E-state index in [1.807, 2.05) is 31.2 Å². The van der Waals surface area contributed by atoms with E-state index >= 15 is 0 Å². The topological polar surface area (TPSA) is 41.5 Å². The molecule has 0 saturated heterocycles. The summed E-state index contributed by atoms with van der Waals surface area (Å²) in [4.78, 5) is 11.3. The second-order valence-corrected chi connectivity index (χ2v) is 6.97. The van der Waals surface area contributed by atoms with Gasteiger partial charge in [-0.1, -0.05) is 19.1 Å². The molecule has 0 atom stereocenters. The van der Waals surface area contributed by atoms with E-state index in [1.165, 1.54) is 10.5 Å². The predicted octanol–water partition coefficient (Wildman–Crippen LogP) is 5.99. The average molecular weight is 430 g/mol. The lowest BCUT2D eigenvalue weighted by Gasteiger charge is -2.25. The molecule has 0 radical (unpaired) electrons. The summed E-state index contributed by atoms with van der Waals surface area (Å²) in [5.41, 5.74) is 1.60. The summed E-state index contributed by atoms with van der Waals surface area (Å²) in [6.07, 6.45) is -2.85. The second kappa shape index (κ2) is 9.24. The maximum Gasteiger partial charge on any atom is 0.421 e. The highest BCUT2D eigenvalue weighted by molar-refractivity contribution is 5.66. The van der Waals surface area contributed by atoms with Crippen molar-refractivity contribution in [2.45, 2.75) is 26.4 Å². The van der Waals surface area contributed by atoms with E-state index in [0.29, 0.717) is 18.0 Å². The molecule has 1 heterocycles. The maximum atomic E-state index is 13.7. The fourth-order valence-electron chi connectivity index (χ4n) is 3.11. The van der Waals surface area contributed by atoms with E-state index in [-0.39, 0.29) is 11.8 Å². The first-order valence-corrected chi connectivity index (χ1v) is 9.98. The number of anilines is 4. The van der Waals surface area contributed by atoms with Crippen molar-refractivity contribution in [3.05, 3.63) is 65.9 Å². The lowest BCUT2D eigenvalue weighted by atomic mass is 10.1. The van der Waals surface area contributed by atoms with Crippen LogP contribution in [0.3, 0.4) is 0 Å². The predicted molar refractivity (Wildman–Crippen MR) is 117 cm³/mol.